The van der Waals surface area contributed by atoms with Crippen molar-refractivity contribution in [3.05, 3.63) is 67.7 Å². The fraction of sp³-hybridized carbons (Fsp3) is 0.133. The van der Waals surface area contributed by atoms with Gasteiger partial charge < -0.3 is 10.2 Å². The number of methoxy groups -OCH3 is 1. The van der Waals surface area contributed by atoms with Crippen molar-refractivity contribution in [3.63, 3.8) is 0 Å². The van der Waals surface area contributed by atoms with E-state index in [4.69, 9.17) is 27.9 Å². The number of nitro benzene ring substituents is 1. The molecule has 0 atom stereocenters. The van der Waals surface area contributed by atoms with Gasteiger partial charge in [0.2, 0.25) is 0 Å². The Hall–Kier alpha value is -2.31. The molecule has 0 aliphatic carbocycles. The molecule has 0 aromatic heterocycles. The van der Waals surface area contributed by atoms with E-state index in [9.17, 15) is 10.1 Å². The number of nitrogens with one attached hydrogen (secondary N) is 1. The highest BCUT2D eigenvalue weighted by Crippen LogP contribution is 2.27. The molecule has 0 amide bonds. The summed E-state index contributed by atoms with van der Waals surface area (Å²) < 4.78 is 4.94. The molecular weight excluding hydrogens is 341 g/mol. The molecule has 0 bridgehead atoms. The summed E-state index contributed by atoms with van der Waals surface area (Å²) in [6.07, 6.45) is 1.47. The molecule has 0 spiro atoms. The van der Waals surface area contributed by atoms with Crippen molar-refractivity contribution in [3.8, 4) is 5.75 Å². The SMILES string of the molecule is COc1ccc(/C=N\NCc2c(Cl)cccc2Cl)cc1[N+](=O)[O-]. The van der Waals surface area contributed by atoms with Gasteiger partial charge in [-0.1, -0.05) is 29.3 Å². The summed E-state index contributed by atoms with van der Waals surface area (Å²) in [7, 11) is 1.38. The molecule has 2 aromatic rings. The maximum Gasteiger partial charge on any atom is 0.311 e. The second-order valence-corrected chi connectivity index (χ2v) is 5.30. The third kappa shape index (κ3) is 4.34. The van der Waals surface area contributed by atoms with E-state index in [1.165, 1.54) is 25.5 Å². The van der Waals surface area contributed by atoms with Gasteiger partial charge in [0.15, 0.2) is 5.75 Å². The first kappa shape index (κ1) is 17.1. The molecule has 120 valence electrons. The lowest BCUT2D eigenvalue weighted by Gasteiger charge is -2.06. The number of hydrazone groups is 1. The molecule has 0 aliphatic heterocycles. The Kier molecular flexibility index (Phi) is 5.78. The Labute approximate surface area is 142 Å². The molecule has 2 aromatic carbocycles. The quantitative estimate of drug-likeness (QED) is 0.483. The Morgan fingerprint density at radius 1 is 1.30 bits per heavy atom. The van der Waals surface area contributed by atoms with Gasteiger partial charge in [-0.25, -0.2) is 0 Å². The topological polar surface area (TPSA) is 76.8 Å². The fourth-order valence-corrected chi connectivity index (χ4v) is 2.41. The number of rotatable bonds is 6. The third-order valence-electron chi connectivity index (χ3n) is 3.02. The second-order valence-electron chi connectivity index (χ2n) is 4.48. The summed E-state index contributed by atoms with van der Waals surface area (Å²) in [5.41, 5.74) is 3.98. The van der Waals surface area contributed by atoms with Crippen LogP contribution >= 0.6 is 23.2 Å². The predicted octanol–water partition coefficient (Wildman–Crippen LogP) is 4.03. The van der Waals surface area contributed by atoms with E-state index in [1.54, 1.807) is 24.3 Å². The van der Waals surface area contributed by atoms with Crippen LogP contribution in [0.25, 0.3) is 0 Å². The van der Waals surface area contributed by atoms with Crippen LogP contribution in [0.3, 0.4) is 0 Å². The van der Waals surface area contributed by atoms with Crippen molar-refractivity contribution < 1.29 is 9.66 Å². The molecule has 0 fully saturated rings. The first-order valence-corrected chi connectivity index (χ1v) is 7.29. The summed E-state index contributed by atoms with van der Waals surface area (Å²) in [6, 6.07) is 9.80. The molecule has 0 unspecified atom stereocenters. The number of halogens is 2. The number of nitro groups is 1. The lowest BCUT2D eigenvalue weighted by Crippen LogP contribution is -2.06. The van der Waals surface area contributed by atoms with Crippen molar-refractivity contribution in [1.82, 2.24) is 5.43 Å². The van der Waals surface area contributed by atoms with E-state index < -0.39 is 4.92 Å². The number of benzene rings is 2. The first-order chi connectivity index (χ1) is 11.0. The Morgan fingerprint density at radius 2 is 2.00 bits per heavy atom. The maximum atomic E-state index is 11.0. The minimum absolute atomic E-state index is 0.120. The van der Waals surface area contributed by atoms with Gasteiger partial charge in [0.1, 0.15) is 0 Å². The van der Waals surface area contributed by atoms with Gasteiger partial charge in [0.25, 0.3) is 0 Å². The van der Waals surface area contributed by atoms with Crippen LogP contribution in [0.15, 0.2) is 41.5 Å². The summed E-state index contributed by atoms with van der Waals surface area (Å²) >= 11 is 12.1. The van der Waals surface area contributed by atoms with Gasteiger partial charge >= 0.3 is 5.69 Å². The van der Waals surface area contributed by atoms with E-state index in [0.717, 1.165) is 5.56 Å². The number of hydrogen-bond acceptors (Lipinski definition) is 5. The lowest BCUT2D eigenvalue weighted by atomic mass is 10.2. The van der Waals surface area contributed by atoms with Crippen LogP contribution in [0.5, 0.6) is 5.75 Å². The molecule has 0 aliphatic rings. The van der Waals surface area contributed by atoms with Crippen molar-refractivity contribution >= 4 is 35.1 Å². The van der Waals surface area contributed by atoms with Gasteiger partial charge in [-0.3, -0.25) is 10.1 Å². The summed E-state index contributed by atoms with van der Waals surface area (Å²) in [6.45, 7) is 0.341. The smallest absolute Gasteiger partial charge is 0.311 e. The van der Waals surface area contributed by atoms with Crippen molar-refractivity contribution in [1.29, 1.82) is 0 Å². The molecule has 23 heavy (non-hydrogen) atoms. The third-order valence-corrected chi connectivity index (χ3v) is 3.73. The highest BCUT2D eigenvalue weighted by molar-refractivity contribution is 6.35. The lowest BCUT2D eigenvalue weighted by molar-refractivity contribution is -0.385. The van der Waals surface area contributed by atoms with E-state index in [2.05, 4.69) is 10.5 Å². The van der Waals surface area contributed by atoms with E-state index in [-0.39, 0.29) is 11.4 Å². The highest BCUT2D eigenvalue weighted by Gasteiger charge is 2.14. The molecule has 0 radical (unpaired) electrons. The van der Waals surface area contributed by atoms with E-state index in [0.29, 0.717) is 22.2 Å². The van der Waals surface area contributed by atoms with Gasteiger partial charge in [-0.2, -0.15) is 5.10 Å². The van der Waals surface area contributed by atoms with Crippen molar-refractivity contribution in [2.24, 2.45) is 5.10 Å². The molecule has 6 nitrogen and oxygen atoms in total. The monoisotopic (exact) mass is 353 g/mol. The van der Waals surface area contributed by atoms with E-state index >= 15 is 0 Å². The van der Waals surface area contributed by atoms with Crippen LogP contribution < -0.4 is 10.2 Å². The molecular formula is C15H13Cl2N3O3. The summed E-state index contributed by atoms with van der Waals surface area (Å²) in [5, 5.41) is 16.1. The number of nitrogens with zero attached hydrogens (tertiary/aromatic N) is 2. The van der Waals surface area contributed by atoms with Gasteiger partial charge in [-0.05, 0) is 24.3 Å². The van der Waals surface area contributed by atoms with Crippen LogP contribution in [0.2, 0.25) is 10.0 Å². The van der Waals surface area contributed by atoms with Gasteiger partial charge in [0.05, 0.1) is 24.8 Å². The summed E-state index contributed by atoms with van der Waals surface area (Å²) in [4.78, 5) is 10.5. The van der Waals surface area contributed by atoms with E-state index in [1.807, 2.05) is 0 Å². The predicted molar refractivity (Wildman–Crippen MR) is 90.5 cm³/mol. The van der Waals surface area contributed by atoms with Crippen molar-refractivity contribution in [2.45, 2.75) is 6.54 Å². The van der Waals surface area contributed by atoms with Gasteiger partial charge in [-0.15, -0.1) is 0 Å². The average Bonchev–Trinajstić information content (AvgIpc) is 2.53. The Morgan fingerprint density at radius 3 is 2.61 bits per heavy atom. The molecule has 0 heterocycles. The number of ether oxygens (including phenoxy) is 1. The van der Waals surface area contributed by atoms with Crippen LogP contribution in [0, 0.1) is 10.1 Å². The summed E-state index contributed by atoms with van der Waals surface area (Å²) in [5.74, 6) is 0.197. The van der Waals surface area contributed by atoms with Crippen LogP contribution in [-0.4, -0.2) is 18.2 Å². The van der Waals surface area contributed by atoms with Crippen LogP contribution in [-0.2, 0) is 6.54 Å². The van der Waals surface area contributed by atoms with Crippen LogP contribution in [0.4, 0.5) is 5.69 Å². The minimum atomic E-state index is -0.507. The minimum Gasteiger partial charge on any atom is -0.490 e. The molecule has 0 saturated carbocycles. The average molecular weight is 354 g/mol. The fourth-order valence-electron chi connectivity index (χ4n) is 1.88. The standard InChI is InChI=1S/C15H13Cl2N3O3/c1-23-15-6-5-10(7-14(15)20(21)22)8-18-19-9-11-12(16)3-2-4-13(11)17/h2-8,19H,9H2,1H3/b18-8-. The Bertz CT molecular complexity index is 730. The number of hydrogen-bond donors (Lipinski definition) is 1. The molecule has 2 rings (SSSR count). The zero-order valence-electron chi connectivity index (χ0n) is 12.1. The zero-order valence-corrected chi connectivity index (χ0v) is 13.6. The molecule has 0 saturated heterocycles. The van der Waals surface area contributed by atoms with Crippen LogP contribution in [0.1, 0.15) is 11.1 Å². The maximum absolute atomic E-state index is 11.0. The van der Waals surface area contributed by atoms with Gasteiger partial charge in [0, 0.05) is 27.2 Å². The largest absolute Gasteiger partial charge is 0.490 e. The van der Waals surface area contributed by atoms with Crippen molar-refractivity contribution in [2.75, 3.05) is 7.11 Å². The normalized spacial score (nSPS) is 10.7. The molecule has 8 heteroatoms. The first-order valence-electron chi connectivity index (χ1n) is 6.54. The Balaban J connectivity index is 2.06. The highest BCUT2D eigenvalue weighted by atomic mass is 35.5. The second kappa shape index (κ2) is 7.80. The molecule has 1 N–H and O–H groups in total. The zero-order chi connectivity index (χ0) is 16.8.